The van der Waals surface area contributed by atoms with Gasteiger partial charge in [0.25, 0.3) is 0 Å². The van der Waals surface area contributed by atoms with Crippen molar-refractivity contribution in [2.45, 2.75) is 0 Å². The second-order valence-corrected chi connectivity index (χ2v) is 3.65. The van der Waals surface area contributed by atoms with E-state index in [2.05, 4.69) is 9.97 Å². The number of halogens is 2. The Labute approximate surface area is 102 Å². The lowest BCUT2D eigenvalue weighted by Gasteiger charge is -2.08. The van der Waals surface area contributed by atoms with Crippen LogP contribution < -0.4 is 10.5 Å². The maximum atomic E-state index is 14.0. The van der Waals surface area contributed by atoms with Crippen LogP contribution in [-0.4, -0.2) is 17.1 Å². The van der Waals surface area contributed by atoms with E-state index in [1.807, 2.05) is 0 Å². The van der Waals surface area contributed by atoms with Crippen LogP contribution in [0.4, 0.5) is 10.2 Å². The van der Waals surface area contributed by atoms with Crippen LogP contribution in [-0.2, 0) is 0 Å². The zero-order valence-corrected chi connectivity index (χ0v) is 9.70. The largest absolute Gasteiger partial charge is 0.492 e. The predicted octanol–water partition coefficient (Wildman–Crippen LogP) is 2.53. The second-order valence-electron chi connectivity index (χ2n) is 3.25. The number of nitrogen functional groups attached to an aromatic ring is 1. The van der Waals surface area contributed by atoms with Crippen LogP contribution in [0.25, 0.3) is 11.4 Å². The minimum Gasteiger partial charge on any atom is -0.492 e. The molecular formula is C11H9ClFN3O. The van der Waals surface area contributed by atoms with Crippen LogP contribution in [0.3, 0.4) is 0 Å². The van der Waals surface area contributed by atoms with Gasteiger partial charge in [-0.3, -0.25) is 0 Å². The molecular weight excluding hydrogens is 245 g/mol. The average molecular weight is 254 g/mol. The lowest BCUT2D eigenvalue weighted by molar-refractivity contribution is 0.387. The van der Waals surface area contributed by atoms with E-state index in [4.69, 9.17) is 22.1 Å². The molecule has 0 aliphatic rings. The van der Waals surface area contributed by atoms with Crippen molar-refractivity contribution in [1.82, 2.24) is 9.97 Å². The van der Waals surface area contributed by atoms with Gasteiger partial charge in [0.15, 0.2) is 17.4 Å². The number of nitrogens with two attached hydrogens (primary N) is 1. The van der Waals surface area contributed by atoms with Crippen molar-refractivity contribution in [1.29, 1.82) is 0 Å². The fraction of sp³-hybridized carbons (Fsp3) is 0.0909. The number of ether oxygens (including phenoxy) is 1. The number of methoxy groups -OCH3 is 1. The molecule has 0 unspecified atom stereocenters. The summed E-state index contributed by atoms with van der Waals surface area (Å²) in [5.41, 5.74) is 5.71. The highest BCUT2D eigenvalue weighted by Crippen LogP contribution is 2.33. The Morgan fingerprint density at radius 3 is 2.76 bits per heavy atom. The average Bonchev–Trinajstić information content (AvgIpc) is 2.29. The summed E-state index contributed by atoms with van der Waals surface area (Å²) >= 11 is 5.79. The van der Waals surface area contributed by atoms with Crippen molar-refractivity contribution in [3.8, 4) is 17.1 Å². The van der Waals surface area contributed by atoms with Crippen molar-refractivity contribution >= 4 is 17.4 Å². The molecule has 2 aromatic rings. The Hall–Kier alpha value is -1.88. The third-order valence-corrected chi connectivity index (χ3v) is 2.47. The third-order valence-electron chi connectivity index (χ3n) is 2.17. The minimum absolute atomic E-state index is 0.0322. The fourth-order valence-corrected chi connectivity index (χ4v) is 1.62. The first-order valence-corrected chi connectivity index (χ1v) is 5.12. The van der Waals surface area contributed by atoms with Crippen LogP contribution >= 0.6 is 11.6 Å². The van der Waals surface area contributed by atoms with Gasteiger partial charge in [-0.05, 0) is 18.2 Å². The summed E-state index contributed by atoms with van der Waals surface area (Å²) in [5, 5.41) is 0.192. The quantitative estimate of drug-likeness (QED) is 0.893. The summed E-state index contributed by atoms with van der Waals surface area (Å²) in [7, 11) is 1.34. The van der Waals surface area contributed by atoms with Gasteiger partial charge in [0.2, 0.25) is 0 Å². The molecule has 0 bridgehead atoms. The monoisotopic (exact) mass is 253 g/mol. The first kappa shape index (κ1) is 11.6. The van der Waals surface area contributed by atoms with Crippen molar-refractivity contribution in [2.24, 2.45) is 0 Å². The lowest BCUT2D eigenvalue weighted by Crippen LogP contribution is -1.98. The molecule has 0 aliphatic heterocycles. The topological polar surface area (TPSA) is 61.0 Å². The van der Waals surface area contributed by atoms with E-state index in [0.717, 1.165) is 0 Å². The van der Waals surface area contributed by atoms with Gasteiger partial charge >= 0.3 is 0 Å². The van der Waals surface area contributed by atoms with E-state index < -0.39 is 5.82 Å². The number of hydrogen-bond donors (Lipinski definition) is 1. The van der Waals surface area contributed by atoms with Gasteiger partial charge in [0, 0.05) is 6.20 Å². The van der Waals surface area contributed by atoms with Gasteiger partial charge < -0.3 is 10.5 Å². The van der Waals surface area contributed by atoms with Gasteiger partial charge in [-0.15, -0.1) is 0 Å². The summed E-state index contributed by atoms with van der Waals surface area (Å²) < 4.78 is 18.9. The molecule has 0 saturated heterocycles. The Kier molecular flexibility index (Phi) is 3.10. The summed E-state index contributed by atoms with van der Waals surface area (Å²) in [6.45, 7) is 0. The third kappa shape index (κ3) is 2.14. The highest BCUT2D eigenvalue weighted by atomic mass is 35.5. The molecule has 0 radical (unpaired) electrons. The first-order valence-electron chi connectivity index (χ1n) is 4.74. The number of anilines is 1. The van der Waals surface area contributed by atoms with Gasteiger partial charge in [-0.1, -0.05) is 11.6 Å². The molecule has 4 nitrogen and oxygen atoms in total. The molecule has 88 valence electrons. The first-order chi connectivity index (χ1) is 8.13. The Balaban J connectivity index is 2.61. The van der Waals surface area contributed by atoms with E-state index in [1.54, 1.807) is 0 Å². The molecule has 0 spiro atoms. The number of benzene rings is 1. The molecule has 0 saturated carbocycles. The highest BCUT2D eigenvalue weighted by molar-refractivity contribution is 6.32. The zero-order chi connectivity index (χ0) is 12.4. The maximum absolute atomic E-state index is 14.0. The normalized spacial score (nSPS) is 10.3. The number of hydrogen-bond acceptors (Lipinski definition) is 4. The van der Waals surface area contributed by atoms with E-state index in [1.165, 1.54) is 31.5 Å². The summed E-state index contributed by atoms with van der Waals surface area (Å²) in [6, 6.07) is 4.52. The summed E-state index contributed by atoms with van der Waals surface area (Å²) in [6.07, 6.45) is 1.46. The molecule has 0 atom stereocenters. The molecule has 2 rings (SSSR count). The summed E-state index contributed by atoms with van der Waals surface area (Å²) in [5.74, 6) is -0.179. The molecule has 1 heterocycles. The van der Waals surface area contributed by atoms with Gasteiger partial charge in [0.05, 0.1) is 17.7 Å². The smallest absolute Gasteiger partial charge is 0.177 e. The van der Waals surface area contributed by atoms with Crippen LogP contribution in [0.1, 0.15) is 0 Å². The van der Waals surface area contributed by atoms with E-state index in [9.17, 15) is 4.39 Å². The lowest BCUT2D eigenvalue weighted by atomic mass is 10.2. The standard InChI is InChI=1S/C11H9ClFN3O/c1-17-10-7(12)3-2-6(9(10)13)11-15-5-4-8(14)16-11/h2-5H,1H3,(H2,14,15,16). The highest BCUT2D eigenvalue weighted by Gasteiger charge is 2.16. The van der Waals surface area contributed by atoms with Crippen molar-refractivity contribution in [2.75, 3.05) is 12.8 Å². The number of rotatable bonds is 2. The fourth-order valence-electron chi connectivity index (χ4n) is 1.39. The maximum Gasteiger partial charge on any atom is 0.177 e. The molecule has 6 heteroatoms. The Morgan fingerprint density at radius 1 is 1.35 bits per heavy atom. The predicted molar refractivity (Wildman–Crippen MR) is 63.4 cm³/mol. The van der Waals surface area contributed by atoms with Gasteiger partial charge in [0.1, 0.15) is 5.82 Å². The van der Waals surface area contributed by atoms with Crippen molar-refractivity contribution in [3.05, 3.63) is 35.2 Å². The molecule has 1 aromatic carbocycles. The van der Waals surface area contributed by atoms with Crippen molar-refractivity contribution < 1.29 is 9.13 Å². The molecule has 0 amide bonds. The second kappa shape index (κ2) is 4.55. The molecule has 17 heavy (non-hydrogen) atoms. The number of aromatic nitrogens is 2. The zero-order valence-electron chi connectivity index (χ0n) is 8.95. The van der Waals surface area contributed by atoms with Crippen LogP contribution in [0.15, 0.2) is 24.4 Å². The van der Waals surface area contributed by atoms with E-state index in [0.29, 0.717) is 0 Å². The Bertz CT molecular complexity index is 562. The Morgan fingerprint density at radius 2 is 2.12 bits per heavy atom. The molecule has 2 N–H and O–H groups in total. The minimum atomic E-state index is -0.606. The van der Waals surface area contributed by atoms with Crippen molar-refractivity contribution in [3.63, 3.8) is 0 Å². The number of nitrogens with zero attached hydrogens (tertiary/aromatic N) is 2. The molecule has 0 aliphatic carbocycles. The SMILES string of the molecule is COc1c(Cl)ccc(-c2nccc(N)n2)c1F. The van der Waals surface area contributed by atoms with E-state index >= 15 is 0 Å². The van der Waals surface area contributed by atoms with Gasteiger partial charge in [-0.2, -0.15) is 0 Å². The van der Waals surface area contributed by atoms with E-state index in [-0.39, 0.29) is 28.0 Å². The van der Waals surface area contributed by atoms with Gasteiger partial charge in [-0.25, -0.2) is 14.4 Å². The summed E-state index contributed by atoms with van der Waals surface area (Å²) in [4.78, 5) is 7.88. The van der Waals surface area contributed by atoms with Crippen LogP contribution in [0, 0.1) is 5.82 Å². The molecule has 0 fully saturated rings. The van der Waals surface area contributed by atoms with Crippen LogP contribution in [0.5, 0.6) is 5.75 Å². The molecule has 1 aromatic heterocycles. The van der Waals surface area contributed by atoms with Crippen LogP contribution in [0.2, 0.25) is 5.02 Å².